The molecule has 4 aromatic rings. The number of aliphatic hydroxyl groups is 1. The Morgan fingerprint density at radius 2 is 1.55 bits per heavy atom. The summed E-state index contributed by atoms with van der Waals surface area (Å²) < 4.78 is 14.1. The molecule has 0 spiro atoms. The first-order valence-corrected chi connectivity index (χ1v) is 10.4. The van der Waals surface area contributed by atoms with Gasteiger partial charge >= 0.3 is 5.97 Å². The van der Waals surface area contributed by atoms with E-state index in [2.05, 4.69) is 31.9 Å². The van der Waals surface area contributed by atoms with Crippen molar-refractivity contribution in [3.8, 4) is 5.69 Å². The van der Waals surface area contributed by atoms with Crippen molar-refractivity contribution < 1.29 is 19.4 Å². The van der Waals surface area contributed by atoms with E-state index in [0.717, 1.165) is 30.8 Å². The van der Waals surface area contributed by atoms with Crippen molar-refractivity contribution >= 4 is 59.6 Å². The van der Waals surface area contributed by atoms with Crippen LogP contribution in [0.2, 0.25) is 0 Å². The lowest BCUT2D eigenvalue weighted by Gasteiger charge is -2.19. The molecule has 1 aromatic heterocycles. The number of carbonyl (C=O) groups excluding carboxylic acids is 1. The zero-order chi connectivity index (χ0) is 20.7. The average molecular weight is 519 g/mol. The van der Waals surface area contributed by atoms with Crippen LogP contribution in [0.1, 0.15) is 22.2 Å². The molecule has 0 aliphatic heterocycles. The maximum Gasteiger partial charge on any atom is 0.340 e. The first kappa shape index (κ1) is 20.1. The highest BCUT2D eigenvalue weighted by atomic mass is 79.9. The van der Waals surface area contributed by atoms with Crippen molar-refractivity contribution in [2.45, 2.75) is 6.29 Å². The first-order valence-electron chi connectivity index (χ1n) is 8.78. The van der Waals surface area contributed by atoms with E-state index in [1.807, 2.05) is 41.0 Å². The Hall–Kier alpha value is -2.19. The number of benzene rings is 3. The summed E-state index contributed by atoms with van der Waals surface area (Å²) in [6.45, 7) is 0. The number of halogens is 2. The summed E-state index contributed by atoms with van der Waals surface area (Å²) in [5.41, 5.74) is 3.12. The van der Waals surface area contributed by atoms with Gasteiger partial charge in [-0.15, -0.1) is 0 Å². The number of para-hydroxylation sites is 1. The second kappa shape index (κ2) is 7.91. The normalized spacial score (nSPS) is 12.4. The van der Waals surface area contributed by atoms with Crippen LogP contribution in [-0.4, -0.2) is 29.9 Å². The third-order valence-corrected chi connectivity index (χ3v) is 5.86. The molecule has 0 saturated carbocycles. The minimum atomic E-state index is -1.20. The van der Waals surface area contributed by atoms with Gasteiger partial charge in [-0.3, -0.25) is 0 Å². The van der Waals surface area contributed by atoms with Crippen molar-refractivity contribution in [1.29, 1.82) is 0 Å². The quantitative estimate of drug-likeness (QED) is 0.277. The number of nitrogens with zero attached hydrogens (tertiary/aromatic N) is 1. The molecule has 29 heavy (non-hydrogen) atoms. The van der Waals surface area contributed by atoms with E-state index < -0.39 is 12.3 Å². The molecule has 4 rings (SSSR count). The lowest BCUT2D eigenvalue weighted by Crippen LogP contribution is -2.13. The number of methoxy groups -OCH3 is 2. The SMILES string of the molecule is COC(=O)c1cccc(C(O)OC)c1-n1c2ccc(Br)cc2c2cc(Br)ccc21. The lowest BCUT2D eigenvalue weighted by atomic mass is 10.1. The molecule has 7 heteroatoms. The molecule has 1 heterocycles. The Morgan fingerprint density at radius 3 is 2.07 bits per heavy atom. The highest BCUT2D eigenvalue weighted by molar-refractivity contribution is 9.10. The molecule has 0 fully saturated rings. The minimum Gasteiger partial charge on any atom is -0.465 e. The standard InChI is InChI=1S/C22H17Br2NO4/c1-28-21(26)14-4-3-5-15(22(27)29-2)20(14)25-18-8-6-12(23)10-16(18)17-11-13(24)7-9-19(17)25/h3-11,21,26H,1-2H3. The van der Waals surface area contributed by atoms with Crippen LogP contribution in [-0.2, 0) is 9.47 Å². The number of aliphatic hydroxyl groups excluding tert-OH is 1. The van der Waals surface area contributed by atoms with E-state index in [4.69, 9.17) is 9.47 Å². The molecule has 0 radical (unpaired) electrons. The number of esters is 1. The zero-order valence-corrected chi connectivity index (χ0v) is 18.8. The van der Waals surface area contributed by atoms with Crippen molar-refractivity contribution in [1.82, 2.24) is 4.57 Å². The molecule has 0 bridgehead atoms. The second-order valence-corrected chi connectivity index (χ2v) is 8.31. The third kappa shape index (κ3) is 3.38. The summed E-state index contributed by atoms with van der Waals surface area (Å²) in [6.07, 6.45) is -1.20. The molecular weight excluding hydrogens is 502 g/mol. The van der Waals surface area contributed by atoms with E-state index in [-0.39, 0.29) is 0 Å². The summed E-state index contributed by atoms with van der Waals surface area (Å²) in [5.74, 6) is -0.491. The molecule has 0 saturated heterocycles. The third-order valence-electron chi connectivity index (χ3n) is 4.87. The van der Waals surface area contributed by atoms with E-state index >= 15 is 0 Å². The molecule has 148 valence electrons. The first-order chi connectivity index (χ1) is 14.0. The highest BCUT2D eigenvalue weighted by Crippen LogP contribution is 2.38. The van der Waals surface area contributed by atoms with Crippen molar-refractivity contribution in [3.63, 3.8) is 0 Å². The van der Waals surface area contributed by atoms with E-state index in [0.29, 0.717) is 16.8 Å². The smallest absolute Gasteiger partial charge is 0.340 e. The number of aromatic nitrogens is 1. The van der Waals surface area contributed by atoms with Crippen LogP contribution >= 0.6 is 31.9 Å². The molecule has 0 aliphatic rings. The molecule has 0 aliphatic carbocycles. The van der Waals surface area contributed by atoms with Crippen LogP contribution in [0.15, 0.2) is 63.5 Å². The molecule has 1 unspecified atom stereocenters. The van der Waals surface area contributed by atoms with Gasteiger partial charge in [0.25, 0.3) is 0 Å². The van der Waals surface area contributed by atoms with Gasteiger partial charge in [0, 0.05) is 32.4 Å². The van der Waals surface area contributed by atoms with E-state index in [1.54, 1.807) is 18.2 Å². The summed E-state index contributed by atoms with van der Waals surface area (Å²) in [5, 5.41) is 12.5. The van der Waals surface area contributed by atoms with Gasteiger partial charge in [-0.05, 0) is 42.5 Å². The van der Waals surface area contributed by atoms with Crippen LogP contribution in [0.3, 0.4) is 0 Å². The summed E-state index contributed by atoms with van der Waals surface area (Å²) >= 11 is 7.09. The zero-order valence-electron chi connectivity index (χ0n) is 15.6. The highest BCUT2D eigenvalue weighted by Gasteiger charge is 2.24. The maximum absolute atomic E-state index is 12.6. The van der Waals surface area contributed by atoms with Crippen molar-refractivity contribution in [2.24, 2.45) is 0 Å². The summed E-state index contributed by atoms with van der Waals surface area (Å²) in [6, 6.07) is 17.0. The van der Waals surface area contributed by atoms with Gasteiger partial charge in [0.15, 0.2) is 6.29 Å². The van der Waals surface area contributed by atoms with Gasteiger partial charge in [-0.2, -0.15) is 0 Å². The maximum atomic E-state index is 12.6. The fraction of sp³-hybridized carbons (Fsp3) is 0.136. The second-order valence-electron chi connectivity index (χ2n) is 6.48. The number of ether oxygens (including phenoxy) is 2. The Morgan fingerprint density at radius 1 is 0.966 bits per heavy atom. The Balaban J connectivity index is 2.21. The van der Waals surface area contributed by atoms with Gasteiger partial charge in [-0.25, -0.2) is 4.79 Å². The average Bonchev–Trinajstić information content (AvgIpc) is 3.04. The van der Waals surface area contributed by atoms with Crippen LogP contribution in [0.4, 0.5) is 0 Å². The van der Waals surface area contributed by atoms with E-state index in [9.17, 15) is 9.90 Å². The Labute approximate surface area is 184 Å². The molecule has 0 amide bonds. The minimum absolute atomic E-state index is 0.339. The van der Waals surface area contributed by atoms with Crippen molar-refractivity contribution in [2.75, 3.05) is 14.2 Å². The van der Waals surface area contributed by atoms with Gasteiger partial charge in [0.05, 0.1) is 29.4 Å². The van der Waals surface area contributed by atoms with Crippen molar-refractivity contribution in [3.05, 3.63) is 74.7 Å². The van der Waals surface area contributed by atoms with E-state index in [1.165, 1.54) is 14.2 Å². The molecule has 5 nitrogen and oxygen atoms in total. The molecule has 1 atom stereocenters. The Kier molecular flexibility index (Phi) is 5.48. The number of fused-ring (bicyclic) bond motifs is 3. The lowest BCUT2D eigenvalue weighted by molar-refractivity contribution is -0.0768. The number of hydrogen-bond acceptors (Lipinski definition) is 4. The van der Waals surface area contributed by atoms with Gasteiger partial charge in [0.1, 0.15) is 0 Å². The molecule has 3 aromatic carbocycles. The Bertz CT molecular complexity index is 1190. The number of hydrogen-bond donors (Lipinski definition) is 1. The van der Waals surface area contributed by atoms with Gasteiger partial charge < -0.3 is 19.1 Å². The number of rotatable bonds is 4. The topological polar surface area (TPSA) is 60.7 Å². The summed E-state index contributed by atoms with van der Waals surface area (Å²) in [4.78, 5) is 12.6. The fourth-order valence-corrected chi connectivity index (χ4v) is 4.34. The van der Waals surface area contributed by atoms with Crippen LogP contribution in [0, 0.1) is 0 Å². The molecule has 1 N–H and O–H groups in total. The van der Waals surface area contributed by atoms with Crippen LogP contribution in [0.5, 0.6) is 0 Å². The fourth-order valence-electron chi connectivity index (χ4n) is 3.62. The van der Waals surface area contributed by atoms with Crippen LogP contribution < -0.4 is 0 Å². The van der Waals surface area contributed by atoms with Crippen LogP contribution in [0.25, 0.3) is 27.5 Å². The van der Waals surface area contributed by atoms with Gasteiger partial charge in [0.2, 0.25) is 0 Å². The number of carbonyl (C=O) groups is 1. The monoisotopic (exact) mass is 517 g/mol. The largest absolute Gasteiger partial charge is 0.465 e. The molecular formula is C22H17Br2NO4. The summed E-state index contributed by atoms with van der Waals surface area (Å²) in [7, 11) is 2.75. The predicted molar refractivity (Wildman–Crippen MR) is 119 cm³/mol. The predicted octanol–water partition coefficient (Wildman–Crippen LogP) is 5.73. The van der Waals surface area contributed by atoms with Gasteiger partial charge in [-0.1, -0.05) is 44.0 Å².